The van der Waals surface area contributed by atoms with Gasteiger partial charge in [0.25, 0.3) is 0 Å². The Morgan fingerprint density at radius 2 is 2.40 bits per heavy atom. The lowest BCUT2D eigenvalue weighted by Gasteiger charge is -1.93. The summed E-state index contributed by atoms with van der Waals surface area (Å²) >= 11 is 8.43. The van der Waals surface area contributed by atoms with E-state index in [-0.39, 0.29) is 0 Å². The van der Waals surface area contributed by atoms with E-state index in [2.05, 4.69) is 49.9 Å². The van der Waals surface area contributed by atoms with Crippen molar-refractivity contribution in [3.63, 3.8) is 0 Å². The Morgan fingerprint density at radius 1 is 1.70 bits per heavy atom. The standard InChI is InChI=1S/C7H6Br2S/c1-5(3-8)6-2-7(9)10-4-6/h2,4H,1,3H2. The summed E-state index contributed by atoms with van der Waals surface area (Å²) in [5.41, 5.74) is 2.34. The highest BCUT2D eigenvalue weighted by molar-refractivity contribution is 9.11. The van der Waals surface area contributed by atoms with E-state index in [0.717, 1.165) is 14.7 Å². The van der Waals surface area contributed by atoms with E-state index < -0.39 is 0 Å². The van der Waals surface area contributed by atoms with Gasteiger partial charge in [-0.15, -0.1) is 11.3 Å². The SMILES string of the molecule is C=C(CBr)c1csc(Br)c1. The van der Waals surface area contributed by atoms with Gasteiger partial charge in [0.2, 0.25) is 0 Å². The Hall–Kier alpha value is 0.400. The highest BCUT2D eigenvalue weighted by Gasteiger charge is 1.98. The first kappa shape index (κ1) is 8.50. The number of hydrogen-bond acceptors (Lipinski definition) is 1. The first-order valence-corrected chi connectivity index (χ1v) is 5.51. The molecule has 1 aromatic rings. The van der Waals surface area contributed by atoms with Crippen LogP contribution in [0.15, 0.2) is 21.8 Å². The van der Waals surface area contributed by atoms with Crippen LogP contribution in [0.3, 0.4) is 0 Å². The summed E-state index contributed by atoms with van der Waals surface area (Å²) in [4.78, 5) is 0. The molecule has 1 heterocycles. The maximum Gasteiger partial charge on any atom is 0.0704 e. The molecule has 1 aromatic heterocycles. The van der Waals surface area contributed by atoms with Gasteiger partial charge in [-0.25, -0.2) is 0 Å². The van der Waals surface area contributed by atoms with Crippen LogP contribution in [0.1, 0.15) is 5.56 Å². The fraction of sp³-hybridized carbons (Fsp3) is 0.143. The predicted molar refractivity (Wildman–Crippen MR) is 54.8 cm³/mol. The van der Waals surface area contributed by atoms with Crippen molar-refractivity contribution >= 4 is 48.8 Å². The van der Waals surface area contributed by atoms with Crippen molar-refractivity contribution in [3.8, 4) is 0 Å². The van der Waals surface area contributed by atoms with E-state index in [1.165, 1.54) is 5.56 Å². The van der Waals surface area contributed by atoms with E-state index in [0.29, 0.717) is 0 Å². The lowest BCUT2D eigenvalue weighted by atomic mass is 10.2. The average molecular weight is 282 g/mol. The minimum atomic E-state index is 0.843. The third-order valence-corrected chi connectivity index (χ3v) is 3.32. The lowest BCUT2D eigenvalue weighted by Crippen LogP contribution is -1.76. The molecule has 3 heteroatoms. The number of alkyl halides is 1. The van der Waals surface area contributed by atoms with Crippen LogP contribution in [0.25, 0.3) is 5.57 Å². The summed E-state index contributed by atoms with van der Waals surface area (Å²) in [6, 6.07) is 2.08. The molecule has 10 heavy (non-hydrogen) atoms. The second-order valence-corrected chi connectivity index (χ2v) is 4.73. The number of thiophene rings is 1. The van der Waals surface area contributed by atoms with Gasteiger partial charge in [-0.3, -0.25) is 0 Å². The summed E-state index contributed by atoms with van der Waals surface area (Å²) in [5.74, 6) is 0. The van der Waals surface area contributed by atoms with Crippen molar-refractivity contribution in [1.29, 1.82) is 0 Å². The Balaban J connectivity index is 2.85. The van der Waals surface area contributed by atoms with Crippen molar-refractivity contribution < 1.29 is 0 Å². The molecule has 0 saturated heterocycles. The summed E-state index contributed by atoms with van der Waals surface area (Å²) in [6.45, 7) is 3.90. The zero-order valence-corrected chi connectivity index (χ0v) is 9.22. The molecule has 0 fully saturated rings. The molecular weight excluding hydrogens is 276 g/mol. The fourth-order valence-corrected chi connectivity index (χ4v) is 2.09. The molecule has 0 bridgehead atoms. The van der Waals surface area contributed by atoms with Crippen LogP contribution in [0, 0.1) is 0 Å². The fourth-order valence-electron chi connectivity index (χ4n) is 0.573. The van der Waals surface area contributed by atoms with Gasteiger partial charge in [-0.05, 0) is 38.5 Å². The van der Waals surface area contributed by atoms with Crippen LogP contribution in [-0.4, -0.2) is 5.33 Å². The van der Waals surface area contributed by atoms with E-state index in [1.54, 1.807) is 11.3 Å². The van der Waals surface area contributed by atoms with Gasteiger partial charge < -0.3 is 0 Å². The molecule has 0 aliphatic heterocycles. The van der Waals surface area contributed by atoms with Crippen molar-refractivity contribution in [2.75, 3.05) is 5.33 Å². The van der Waals surface area contributed by atoms with Crippen LogP contribution < -0.4 is 0 Å². The first-order valence-electron chi connectivity index (χ1n) is 2.72. The minimum Gasteiger partial charge on any atom is -0.136 e. The summed E-state index contributed by atoms with van der Waals surface area (Å²) in [7, 11) is 0. The van der Waals surface area contributed by atoms with Gasteiger partial charge in [0.05, 0.1) is 3.79 Å². The smallest absolute Gasteiger partial charge is 0.0704 e. The predicted octanol–water partition coefficient (Wildman–Crippen LogP) is 3.92. The maximum absolute atomic E-state index is 3.90. The van der Waals surface area contributed by atoms with Gasteiger partial charge in [0, 0.05) is 5.33 Å². The van der Waals surface area contributed by atoms with Crippen LogP contribution in [0.2, 0.25) is 0 Å². The van der Waals surface area contributed by atoms with Gasteiger partial charge in [0.15, 0.2) is 0 Å². The normalized spacial score (nSPS) is 9.80. The molecule has 0 nitrogen and oxygen atoms in total. The summed E-state index contributed by atoms with van der Waals surface area (Å²) in [5, 5.41) is 2.93. The molecule has 0 atom stereocenters. The Labute approximate surface area is 81.2 Å². The monoisotopic (exact) mass is 280 g/mol. The molecule has 0 aromatic carbocycles. The number of hydrogen-bond donors (Lipinski definition) is 0. The van der Waals surface area contributed by atoms with E-state index in [4.69, 9.17) is 0 Å². The van der Waals surface area contributed by atoms with Crippen molar-refractivity contribution in [3.05, 3.63) is 27.4 Å². The maximum atomic E-state index is 3.90. The van der Waals surface area contributed by atoms with Crippen LogP contribution in [0.4, 0.5) is 0 Å². The topological polar surface area (TPSA) is 0 Å². The molecule has 0 radical (unpaired) electrons. The molecule has 0 amide bonds. The molecule has 0 unspecified atom stereocenters. The second-order valence-electron chi connectivity index (χ2n) is 1.88. The molecule has 0 spiro atoms. The molecule has 0 N–H and O–H groups in total. The first-order chi connectivity index (χ1) is 4.74. The second kappa shape index (κ2) is 3.69. The Morgan fingerprint density at radius 3 is 2.80 bits per heavy atom. The lowest BCUT2D eigenvalue weighted by molar-refractivity contribution is 1.71. The van der Waals surface area contributed by atoms with Gasteiger partial charge in [-0.2, -0.15) is 0 Å². The third-order valence-electron chi connectivity index (χ3n) is 1.14. The third kappa shape index (κ3) is 1.94. The Kier molecular flexibility index (Phi) is 3.14. The van der Waals surface area contributed by atoms with Crippen molar-refractivity contribution in [1.82, 2.24) is 0 Å². The summed E-state index contributed by atoms with van der Waals surface area (Å²) in [6.07, 6.45) is 0. The molecule has 0 saturated carbocycles. The highest BCUT2D eigenvalue weighted by Crippen LogP contribution is 2.25. The van der Waals surface area contributed by atoms with Crippen LogP contribution in [0.5, 0.6) is 0 Å². The van der Waals surface area contributed by atoms with Crippen LogP contribution in [-0.2, 0) is 0 Å². The van der Waals surface area contributed by atoms with Crippen molar-refractivity contribution in [2.45, 2.75) is 0 Å². The number of halogens is 2. The molecule has 1 rings (SSSR count). The van der Waals surface area contributed by atoms with Crippen molar-refractivity contribution in [2.24, 2.45) is 0 Å². The van der Waals surface area contributed by atoms with Gasteiger partial charge in [-0.1, -0.05) is 22.5 Å². The minimum absolute atomic E-state index is 0.843. The highest BCUT2D eigenvalue weighted by atomic mass is 79.9. The quantitative estimate of drug-likeness (QED) is 0.721. The number of rotatable bonds is 2. The van der Waals surface area contributed by atoms with E-state index >= 15 is 0 Å². The zero-order valence-electron chi connectivity index (χ0n) is 5.23. The molecular formula is C7H6Br2S. The van der Waals surface area contributed by atoms with Gasteiger partial charge in [0.1, 0.15) is 0 Å². The number of allylic oxidation sites excluding steroid dienone is 1. The molecule has 54 valence electrons. The van der Waals surface area contributed by atoms with E-state index in [9.17, 15) is 0 Å². The van der Waals surface area contributed by atoms with Gasteiger partial charge >= 0.3 is 0 Å². The van der Waals surface area contributed by atoms with Crippen LogP contribution >= 0.6 is 43.2 Å². The summed E-state index contributed by atoms with van der Waals surface area (Å²) < 4.78 is 1.16. The largest absolute Gasteiger partial charge is 0.136 e. The zero-order chi connectivity index (χ0) is 7.56. The Bertz CT molecular complexity index is 240. The average Bonchev–Trinajstić information content (AvgIpc) is 2.34. The van der Waals surface area contributed by atoms with E-state index in [1.807, 2.05) is 0 Å². The molecule has 0 aliphatic rings. The molecule has 0 aliphatic carbocycles.